The minimum absolute atomic E-state index is 0.485. The molecule has 0 aromatic carbocycles. The third-order valence-corrected chi connectivity index (χ3v) is 2.02. The average Bonchev–Trinajstić information content (AvgIpc) is 2.48. The Morgan fingerprint density at radius 1 is 1.50 bits per heavy atom. The zero-order valence-electron chi connectivity index (χ0n) is 10.3. The number of nitrogens with zero attached hydrogens (tertiary/aromatic N) is 3. The number of rotatable bonds is 6. The topological polar surface area (TPSA) is 74.4 Å². The Hall–Kier alpha value is -0.980. The molecule has 1 unspecified atom stereocenters. The molecule has 0 radical (unpaired) electrons. The van der Waals surface area contributed by atoms with Crippen molar-refractivity contribution in [2.75, 3.05) is 27.2 Å². The van der Waals surface area contributed by atoms with Crippen molar-refractivity contribution in [2.24, 2.45) is 0 Å². The van der Waals surface area contributed by atoms with Gasteiger partial charge >= 0.3 is 0 Å². The van der Waals surface area contributed by atoms with Crippen LogP contribution in [0.5, 0.6) is 0 Å². The molecule has 1 atom stereocenters. The van der Waals surface area contributed by atoms with E-state index in [1.807, 2.05) is 19.0 Å². The highest BCUT2D eigenvalue weighted by molar-refractivity contribution is 4.85. The largest absolute Gasteiger partial charge is 0.388 e. The molecular formula is C10H20N4O2. The van der Waals surface area contributed by atoms with Crippen molar-refractivity contribution < 1.29 is 9.63 Å². The zero-order valence-corrected chi connectivity index (χ0v) is 10.3. The first-order valence-corrected chi connectivity index (χ1v) is 5.26. The van der Waals surface area contributed by atoms with Gasteiger partial charge in [0.15, 0.2) is 5.82 Å². The SMILES string of the molecule is Cc1nc(CNCC(C)(O)CN(C)C)no1. The van der Waals surface area contributed by atoms with E-state index in [1.165, 1.54) is 0 Å². The minimum atomic E-state index is -0.762. The van der Waals surface area contributed by atoms with Crippen molar-refractivity contribution in [3.05, 3.63) is 11.7 Å². The van der Waals surface area contributed by atoms with Crippen LogP contribution in [0.25, 0.3) is 0 Å². The summed E-state index contributed by atoms with van der Waals surface area (Å²) in [4.78, 5) is 6.00. The smallest absolute Gasteiger partial charge is 0.223 e. The van der Waals surface area contributed by atoms with Crippen molar-refractivity contribution in [3.8, 4) is 0 Å². The molecule has 0 saturated carbocycles. The van der Waals surface area contributed by atoms with Crippen molar-refractivity contribution >= 4 is 0 Å². The van der Waals surface area contributed by atoms with E-state index >= 15 is 0 Å². The fourth-order valence-electron chi connectivity index (χ4n) is 1.59. The van der Waals surface area contributed by atoms with Gasteiger partial charge in [-0.15, -0.1) is 0 Å². The summed E-state index contributed by atoms with van der Waals surface area (Å²) >= 11 is 0. The molecule has 0 aliphatic carbocycles. The number of hydrogen-bond donors (Lipinski definition) is 2. The quantitative estimate of drug-likeness (QED) is 0.701. The molecule has 0 fully saturated rings. The van der Waals surface area contributed by atoms with E-state index in [1.54, 1.807) is 13.8 Å². The van der Waals surface area contributed by atoms with E-state index < -0.39 is 5.60 Å². The first-order valence-electron chi connectivity index (χ1n) is 5.26. The first kappa shape index (κ1) is 13.1. The molecule has 0 aliphatic rings. The second-order valence-corrected chi connectivity index (χ2v) is 4.57. The minimum Gasteiger partial charge on any atom is -0.388 e. The standard InChI is InChI=1S/C10H20N4O2/c1-8-12-9(13-16-8)5-11-6-10(2,15)7-14(3)4/h11,15H,5-7H2,1-4H3. The Kier molecular flexibility index (Phi) is 4.40. The maximum absolute atomic E-state index is 10.00. The van der Waals surface area contributed by atoms with Crippen LogP contribution >= 0.6 is 0 Å². The number of aromatic nitrogens is 2. The van der Waals surface area contributed by atoms with Crippen LogP contribution in [0.15, 0.2) is 4.52 Å². The van der Waals surface area contributed by atoms with Gasteiger partial charge in [0, 0.05) is 20.0 Å². The maximum Gasteiger partial charge on any atom is 0.223 e. The van der Waals surface area contributed by atoms with E-state index in [4.69, 9.17) is 4.52 Å². The van der Waals surface area contributed by atoms with Crippen LogP contribution in [0, 0.1) is 6.92 Å². The summed E-state index contributed by atoms with van der Waals surface area (Å²) in [6, 6.07) is 0. The van der Waals surface area contributed by atoms with Gasteiger partial charge in [-0.2, -0.15) is 4.98 Å². The lowest BCUT2D eigenvalue weighted by Crippen LogP contribution is -2.45. The molecule has 1 heterocycles. The van der Waals surface area contributed by atoms with Crippen LogP contribution in [0.2, 0.25) is 0 Å². The highest BCUT2D eigenvalue weighted by atomic mass is 16.5. The molecule has 0 spiro atoms. The second kappa shape index (κ2) is 5.38. The fourth-order valence-corrected chi connectivity index (χ4v) is 1.59. The third kappa shape index (κ3) is 4.69. The normalized spacial score (nSPS) is 15.4. The van der Waals surface area contributed by atoms with Crippen LogP contribution in [-0.2, 0) is 6.54 Å². The molecule has 92 valence electrons. The van der Waals surface area contributed by atoms with E-state index in [-0.39, 0.29) is 0 Å². The van der Waals surface area contributed by atoms with Gasteiger partial charge < -0.3 is 19.8 Å². The highest BCUT2D eigenvalue weighted by Crippen LogP contribution is 2.03. The summed E-state index contributed by atoms with van der Waals surface area (Å²) in [5.74, 6) is 1.16. The van der Waals surface area contributed by atoms with Gasteiger partial charge in [0.25, 0.3) is 0 Å². The average molecular weight is 228 g/mol. The molecule has 0 amide bonds. The maximum atomic E-state index is 10.00. The van der Waals surface area contributed by atoms with Gasteiger partial charge in [-0.25, -0.2) is 0 Å². The lowest BCUT2D eigenvalue weighted by Gasteiger charge is -2.26. The first-order chi connectivity index (χ1) is 7.39. The zero-order chi connectivity index (χ0) is 12.2. The van der Waals surface area contributed by atoms with Gasteiger partial charge in [-0.05, 0) is 21.0 Å². The molecule has 0 bridgehead atoms. The van der Waals surface area contributed by atoms with Crippen LogP contribution in [0.1, 0.15) is 18.6 Å². The molecule has 1 rings (SSSR count). The third-order valence-electron chi connectivity index (χ3n) is 2.02. The summed E-state index contributed by atoms with van der Waals surface area (Å²) in [7, 11) is 3.86. The molecule has 2 N–H and O–H groups in total. The van der Waals surface area contributed by atoms with Crippen molar-refractivity contribution in [3.63, 3.8) is 0 Å². The number of likely N-dealkylation sites (N-methyl/N-ethyl adjacent to an activating group) is 1. The predicted octanol–water partition coefficient (Wildman–Crippen LogP) is -0.220. The summed E-state index contributed by atoms with van der Waals surface area (Å²) in [6.45, 7) is 5.13. The Labute approximate surface area is 95.6 Å². The van der Waals surface area contributed by atoms with Gasteiger partial charge in [0.2, 0.25) is 5.89 Å². The molecule has 1 aromatic heterocycles. The lowest BCUT2D eigenvalue weighted by atomic mass is 10.1. The van der Waals surface area contributed by atoms with Gasteiger partial charge in [-0.3, -0.25) is 0 Å². The molecule has 1 aromatic rings. The van der Waals surface area contributed by atoms with Crippen LogP contribution in [0.4, 0.5) is 0 Å². The van der Waals surface area contributed by atoms with Gasteiger partial charge in [0.1, 0.15) is 0 Å². The van der Waals surface area contributed by atoms with Crippen LogP contribution in [-0.4, -0.2) is 52.9 Å². The molecule has 6 nitrogen and oxygen atoms in total. The second-order valence-electron chi connectivity index (χ2n) is 4.57. The summed E-state index contributed by atoms with van der Waals surface area (Å²) in [5, 5.41) is 16.9. The van der Waals surface area contributed by atoms with Crippen LogP contribution < -0.4 is 5.32 Å². The fraction of sp³-hybridized carbons (Fsp3) is 0.800. The number of hydrogen-bond acceptors (Lipinski definition) is 6. The van der Waals surface area contributed by atoms with Crippen molar-refractivity contribution in [1.29, 1.82) is 0 Å². The Morgan fingerprint density at radius 3 is 2.69 bits per heavy atom. The monoisotopic (exact) mass is 228 g/mol. The summed E-state index contributed by atoms with van der Waals surface area (Å²) < 4.78 is 4.84. The van der Waals surface area contributed by atoms with Gasteiger partial charge in [0.05, 0.1) is 12.1 Å². The lowest BCUT2D eigenvalue weighted by molar-refractivity contribution is 0.0334. The molecular weight excluding hydrogens is 208 g/mol. The van der Waals surface area contributed by atoms with Crippen molar-refractivity contribution in [2.45, 2.75) is 26.0 Å². The number of aliphatic hydroxyl groups is 1. The summed E-state index contributed by atoms with van der Waals surface area (Å²) in [5.41, 5.74) is -0.762. The molecule has 0 saturated heterocycles. The molecule has 6 heteroatoms. The Morgan fingerprint density at radius 2 is 2.19 bits per heavy atom. The van der Waals surface area contributed by atoms with E-state index in [2.05, 4.69) is 15.5 Å². The van der Waals surface area contributed by atoms with E-state index in [0.29, 0.717) is 31.3 Å². The molecule has 0 aliphatic heterocycles. The Bertz CT molecular complexity index is 322. The van der Waals surface area contributed by atoms with Crippen molar-refractivity contribution in [1.82, 2.24) is 20.4 Å². The predicted molar refractivity (Wildman–Crippen MR) is 59.9 cm³/mol. The number of nitrogens with one attached hydrogen (secondary N) is 1. The Balaban J connectivity index is 2.29. The van der Waals surface area contributed by atoms with E-state index in [9.17, 15) is 5.11 Å². The summed E-state index contributed by atoms with van der Waals surface area (Å²) in [6.07, 6.45) is 0. The van der Waals surface area contributed by atoms with Crippen LogP contribution in [0.3, 0.4) is 0 Å². The number of aryl methyl sites for hydroxylation is 1. The molecule has 16 heavy (non-hydrogen) atoms. The van der Waals surface area contributed by atoms with Gasteiger partial charge in [-0.1, -0.05) is 5.16 Å². The van der Waals surface area contributed by atoms with E-state index in [0.717, 1.165) is 0 Å². The highest BCUT2D eigenvalue weighted by Gasteiger charge is 2.20.